The molecular weight excluding hydrogens is 368 g/mol. The van der Waals surface area contributed by atoms with Gasteiger partial charge in [-0.2, -0.15) is 0 Å². The molecule has 1 aliphatic carbocycles. The molecule has 0 spiro atoms. The number of esters is 1. The molecule has 2 aliphatic rings. The van der Waals surface area contributed by atoms with E-state index >= 15 is 0 Å². The van der Waals surface area contributed by atoms with E-state index in [0.717, 1.165) is 35.9 Å². The monoisotopic (exact) mass is 398 g/mol. The van der Waals surface area contributed by atoms with Crippen LogP contribution in [0.2, 0.25) is 0 Å². The molecule has 1 aliphatic heterocycles. The van der Waals surface area contributed by atoms with Crippen molar-refractivity contribution in [3.8, 4) is 0 Å². The molecule has 4 rings (SSSR count). The molecule has 2 amide bonds. The fraction of sp³-hybridized carbons (Fsp3) is 0.545. The Balaban J connectivity index is 1.71. The number of fused-ring (bicyclic) bond motifs is 2. The third-order valence-electron chi connectivity index (χ3n) is 6.63. The molecule has 3 atom stereocenters. The summed E-state index contributed by atoms with van der Waals surface area (Å²) in [4.78, 5) is 32.7. The lowest BCUT2D eigenvalue weighted by molar-refractivity contribution is 0.0595. The number of likely N-dealkylation sites (N-methyl/N-ethyl adjacent to an activating group) is 1. The Labute approximate surface area is 171 Å². The average Bonchev–Trinajstić information content (AvgIpc) is 3.13. The van der Waals surface area contributed by atoms with Crippen LogP contribution in [0.25, 0.3) is 10.9 Å². The minimum absolute atomic E-state index is 0.0172. The van der Waals surface area contributed by atoms with Gasteiger partial charge in [-0.05, 0) is 57.0 Å². The van der Waals surface area contributed by atoms with Crippen LogP contribution in [0.5, 0.6) is 0 Å². The van der Waals surface area contributed by atoms with Crippen molar-refractivity contribution in [1.29, 1.82) is 0 Å². The van der Waals surface area contributed by atoms with Gasteiger partial charge in [-0.15, -0.1) is 0 Å². The Hall–Kier alpha value is -2.54. The van der Waals surface area contributed by atoms with Gasteiger partial charge in [0.15, 0.2) is 0 Å². The van der Waals surface area contributed by atoms with E-state index in [2.05, 4.69) is 28.4 Å². The van der Waals surface area contributed by atoms with Crippen LogP contribution in [0.15, 0.2) is 18.3 Å². The number of rotatable bonds is 4. The molecule has 0 radical (unpaired) electrons. The summed E-state index contributed by atoms with van der Waals surface area (Å²) >= 11 is 0. The predicted octanol–water partition coefficient (Wildman–Crippen LogP) is 2.72. The largest absolute Gasteiger partial charge is 0.465 e. The molecule has 156 valence electrons. The highest BCUT2D eigenvalue weighted by Gasteiger charge is 2.42. The minimum atomic E-state index is -0.299. The van der Waals surface area contributed by atoms with E-state index in [4.69, 9.17) is 4.74 Å². The van der Waals surface area contributed by atoms with E-state index in [9.17, 15) is 9.59 Å². The first-order valence-electron chi connectivity index (χ1n) is 10.4. The third kappa shape index (κ3) is 3.27. The van der Waals surface area contributed by atoms with Gasteiger partial charge >= 0.3 is 12.0 Å². The molecule has 0 unspecified atom stereocenters. The second-order valence-electron chi connectivity index (χ2n) is 8.13. The van der Waals surface area contributed by atoms with Crippen LogP contribution >= 0.6 is 0 Å². The number of H-pyrrole nitrogens is 1. The molecule has 1 aromatic heterocycles. The van der Waals surface area contributed by atoms with Crippen molar-refractivity contribution >= 4 is 22.9 Å². The third-order valence-corrected chi connectivity index (χ3v) is 6.63. The smallest absolute Gasteiger partial charge is 0.338 e. The Bertz CT molecular complexity index is 934. The second kappa shape index (κ2) is 7.71. The van der Waals surface area contributed by atoms with Crippen molar-refractivity contribution < 1.29 is 14.3 Å². The summed E-state index contributed by atoms with van der Waals surface area (Å²) < 4.78 is 5.09. The first-order chi connectivity index (χ1) is 14.0. The molecule has 0 bridgehead atoms. The van der Waals surface area contributed by atoms with E-state index in [-0.39, 0.29) is 24.0 Å². The molecule has 2 N–H and O–H groups in total. The lowest BCUT2D eigenvalue weighted by Crippen LogP contribution is -2.56. The van der Waals surface area contributed by atoms with Crippen LogP contribution in [0.4, 0.5) is 4.79 Å². The number of carbonyl (C=O) groups is 2. The van der Waals surface area contributed by atoms with Crippen LogP contribution in [0.1, 0.15) is 47.7 Å². The topological polar surface area (TPSA) is 77.7 Å². The van der Waals surface area contributed by atoms with E-state index in [1.54, 1.807) is 4.90 Å². The van der Waals surface area contributed by atoms with Gasteiger partial charge in [0.2, 0.25) is 0 Å². The second-order valence-corrected chi connectivity index (χ2v) is 8.13. The Morgan fingerprint density at radius 2 is 2.07 bits per heavy atom. The fourth-order valence-corrected chi connectivity index (χ4v) is 5.20. The number of aromatic amines is 1. The number of likely N-dealkylation sites (tertiary alicyclic amines) is 1. The van der Waals surface area contributed by atoms with Gasteiger partial charge < -0.3 is 24.8 Å². The molecule has 1 saturated heterocycles. The van der Waals surface area contributed by atoms with Crippen LogP contribution in [-0.2, 0) is 11.2 Å². The molecule has 2 heterocycles. The van der Waals surface area contributed by atoms with Crippen molar-refractivity contribution in [1.82, 2.24) is 20.1 Å². The number of carbonyl (C=O) groups excluding carboxylic acids is 2. The molecule has 1 fully saturated rings. The first kappa shape index (κ1) is 19.8. The lowest BCUT2D eigenvalue weighted by Gasteiger charge is -2.46. The predicted molar refractivity (Wildman–Crippen MR) is 112 cm³/mol. The number of hydrogen-bond donors (Lipinski definition) is 2. The van der Waals surface area contributed by atoms with Crippen molar-refractivity contribution in [2.45, 2.75) is 44.7 Å². The highest BCUT2D eigenvalue weighted by Crippen LogP contribution is 2.44. The minimum Gasteiger partial charge on any atom is -0.465 e. The molecule has 7 heteroatoms. The molecule has 0 saturated carbocycles. The van der Waals surface area contributed by atoms with Crippen molar-refractivity contribution in [3.05, 3.63) is 35.0 Å². The van der Waals surface area contributed by atoms with Crippen LogP contribution in [0.3, 0.4) is 0 Å². The molecular formula is C22H30N4O3. The van der Waals surface area contributed by atoms with E-state index in [1.165, 1.54) is 12.7 Å². The van der Waals surface area contributed by atoms with Crippen LogP contribution < -0.4 is 5.32 Å². The zero-order valence-corrected chi connectivity index (χ0v) is 17.6. The van der Waals surface area contributed by atoms with Gasteiger partial charge in [-0.3, -0.25) is 0 Å². The number of methoxy groups -OCH3 is 1. The van der Waals surface area contributed by atoms with Gasteiger partial charge in [-0.25, -0.2) is 9.59 Å². The number of amides is 2. The van der Waals surface area contributed by atoms with E-state index in [1.807, 2.05) is 26.0 Å². The zero-order chi connectivity index (χ0) is 20.7. The summed E-state index contributed by atoms with van der Waals surface area (Å²) in [6.07, 6.45) is 3.82. The highest BCUT2D eigenvalue weighted by atomic mass is 16.5. The summed E-state index contributed by atoms with van der Waals surface area (Å²) in [7, 11) is 3.54. The van der Waals surface area contributed by atoms with E-state index < -0.39 is 0 Å². The number of hydrogen-bond acceptors (Lipinski definition) is 4. The summed E-state index contributed by atoms with van der Waals surface area (Å²) in [5.41, 5.74) is 4.01. The Morgan fingerprint density at radius 3 is 2.76 bits per heavy atom. The SMILES string of the molecule is CCN(CC)C(=O)N[C@H]1C[C@@H]2c3c(C(=O)OC)ccc4[nH]cc(c34)C[C@H]2N(C)C1. The normalized spacial score (nSPS) is 23.5. The molecule has 1 aromatic carbocycles. The standard InChI is InChI=1S/C22H30N4O3/c1-5-26(6-2)22(28)24-14-10-16-18(25(3)12-14)9-13-11-23-17-8-7-15(21(27)29-4)20(16)19(13)17/h7-8,11,14,16,18,23H,5-6,9-10,12H2,1-4H3,(H,24,28)/t14-,16-,18+/m0/s1. The van der Waals surface area contributed by atoms with Gasteiger partial charge in [-0.1, -0.05) is 0 Å². The number of nitrogens with zero attached hydrogens (tertiary/aromatic N) is 2. The summed E-state index contributed by atoms with van der Waals surface area (Å²) in [6, 6.07) is 4.15. The maximum atomic E-state index is 12.6. The van der Waals surface area contributed by atoms with Gasteiger partial charge in [0.05, 0.1) is 12.7 Å². The zero-order valence-electron chi connectivity index (χ0n) is 17.6. The lowest BCUT2D eigenvalue weighted by atomic mass is 9.72. The molecule has 2 aromatic rings. The van der Waals surface area contributed by atoms with Crippen LogP contribution in [0, 0.1) is 0 Å². The summed E-state index contributed by atoms with van der Waals surface area (Å²) in [6.45, 7) is 6.16. The number of benzene rings is 1. The number of ether oxygens (including phenoxy) is 1. The fourth-order valence-electron chi connectivity index (χ4n) is 5.20. The number of piperidine rings is 1. The maximum Gasteiger partial charge on any atom is 0.338 e. The molecule has 7 nitrogen and oxygen atoms in total. The van der Waals surface area contributed by atoms with Crippen molar-refractivity contribution in [2.24, 2.45) is 0 Å². The average molecular weight is 399 g/mol. The van der Waals surface area contributed by atoms with Gasteiger partial charge in [0.1, 0.15) is 0 Å². The summed E-state index contributed by atoms with van der Waals surface area (Å²) in [5.74, 6) is -0.136. The maximum absolute atomic E-state index is 12.6. The van der Waals surface area contributed by atoms with Crippen LogP contribution in [-0.4, -0.2) is 72.7 Å². The summed E-state index contributed by atoms with van der Waals surface area (Å²) in [5, 5.41) is 4.37. The Morgan fingerprint density at radius 1 is 1.31 bits per heavy atom. The molecule has 29 heavy (non-hydrogen) atoms. The highest BCUT2D eigenvalue weighted by molar-refractivity contribution is 6.00. The quantitative estimate of drug-likeness (QED) is 0.777. The first-order valence-corrected chi connectivity index (χ1v) is 10.4. The number of aromatic nitrogens is 1. The van der Waals surface area contributed by atoms with Gasteiger partial charge in [0.25, 0.3) is 0 Å². The van der Waals surface area contributed by atoms with E-state index in [0.29, 0.717) is 24.7 Å². The Kier molecular flexibility index (Phi) is 5.25. The number of nitrogens with one attached hydrogen (secondary N) is 2. The van der Waals surface area contributed by atoms with Crippen molar-refractivity contribution in [2.75, 3.05) is 33.8 Å². The van der Waals surface area contributed by atoms with Gasteiger partial charge in [0, 0.05) is 54.7 Å². The number of urea groups is 1. The van der Waals surface area contributed by atoms with Crippen molar-refractivity contribution in [3.63, 3.8) is 0 Å².